The second kappa shape index (κ2) is 8.78. The van der Waals surface area contributed by atoms with Gasteiger partial charge in [0, 0.05) is 27.9 Å². The fourth-order valence-corrected chi connectivity index (χ4v) is 6.67. The van der Waals surface area contributed by atoms with Crippen LogP contribution in [0.15, 0.2) is 35.7 Å². The fourth-order valence-electron chi connectivity index (χ4n) is 5.75. The van der Waals surface area contributed by atoms with Gasteiger partial charge in [-0.1, -0.05) is 37.6 Å². The molecule has 5 heteroatoms. The average molecular weight is 440 g/mol. The van der Waals surface area contributed by atoms with Crippen molar-refractivity contribution >= 4 is 33.3 Å². The Bertz CT molecular complexity index is 1010. The molecule has 3 aliphatic carbocycles. The van der Waals surface area contributed by atoms with Gasteiger partial charge in [0.25, 0.3) is 5.91 Å². The van der Waals surface area contributed by atoms with Crippen LogP contribution in [0, 0.1) is 30.1 Å². The SMILES string of the molecule is Cc1ccc2scc(C(=O)N[C@H]3C[C@@H]4C[C@H]([C@H]3CC=CCCCC(=O)O)C4(C)C)c2c1. The minimum absolute atomic E-state index is 0.0522. The average Bonchev–Trinajstić information content (AvgIpc) is 3.13. The number of allylic oxidation sites excluding steroid dienone is 2. The highest BCUT2D eigenvalue weighted by molar-refractivity contribution is 7.17. The van der Waals surface area contributed by atoms with Crippen LogP contribution in [0.2, 0.25) is 0 Å². The van der Waals surface area contributed by atoms with Crippen molar-refractivity contribution in [2.24, 2.45) is 23.2 Å². The van der Waals surface area contributed by atoms with Crippen molar-refractivity contribution in [2.45, 2.75) is 65.3 Å². The number of unbranched alkanes of at least 4 members (excludes halogenated alkanes) is 1. The van der Waals surface area contributed by atoms with Crippen molar-refractivity contribution in [1.29, 1.82) is 0 Å². The standard InChI is InChI=1S/C26H33NO3S/c1-16-10-11-23-19(12-16)20(15-31-23)25(30)27-22-14-17-13-21(26(17,2)3)18(22)8-6-4-5-7-9-24(28)29/h4,6,10-12,15,17-18,21-22H,5,7-9,13-14H2,1-3H3,(H,27,30)(H,28,29)/t17-,18+,21+,22-/m0/s1. The molecule has 0 unspecified atom stereocenters. The number of aryl methyl sites for hydroxylation is 1. The van der Waals surface area contributed by atoms with Gasteiger partial charge in [-0.15, -0.1) is 11.3 Å². The summed E-state index contributed by atoms with van der Waals surface area (Å²) in [6, 6.07) is 6.51. The number of amides is 1. The van der Waals surface area contributed by atoms with Crippen molar-refractivity contribution in [3.63, 3.8) is 0 Å². The van der Waals surface area contributed by atoms with E-state index in [1.165, 1.54) is 12.0 Å². The zero-order valence-corrected chi connectivity index (χ0v) is 19.5. The van der Waals surface area contributed by atoms with Gasteiger partial charge in [-0.3, -0.25) is 9.59 Å². The van der Waals surface area contributed by atoms with Crippen LogP contribution in [-0.4, -0.2) is 23.0 Å². The van der Waals surface area contributed by atoms with Crippen molar-refractivity contribution in [3.8, 4) is 0 Å². The molecule has 4 atom stereocenters. The number of carboxylic acids is 1. The first kappa shape index (κ1) is 22.1. The van der Waals surface area contributed by atoms with Gasteiger partial charge >= 0.3 is 5.97 Å². The number of nitrogens with one attached hydrogen (secondary N) is 1. The molecule has 3 saturated carbocycles. The van der Waals surface area contributed by atoms with Gasteiger partial charge in [0.15, 0.2) is 0 Å². The lowest BCUT2D eigenvalue weighted by Gasteiger charge is -2.62. The van der Waals surface area contributed by atoms with E-state index in [1.54, 1.807) is 11.3 Å². The molecule has 0 spiro atoms. The normalized spacial score (nSPS) is 26.7. The van der Waals surface area contributed by atoms with E-state index in [0.717, 1.165) is 34.9 Å². The molecule has 0 aliphatic heterocycles. The summed E-state index contributed by atoms with van der Waals surface area (Å²) in [5.74, 6) is 1.06. The maximum absolute atomic E-state index is 13.2. The molecule has 5 rings (SSSR count). The Hall–Kier alpha value is -2.14. The smallest absolute Gasteiger partial charge is 0.303 e. The van der Waals surface area contributed by atoms with Crippen LogP contribution in [0.25, 0.3) is 10.1 Å². The molecule has 2 bridgehead atoms. The van der Waals surface area contributed by atoms with Crippen LogP contribution >= 0.6 is 11.3 Å². The van der Waals surface area contributed by atoms with Gasteiger partial charge < -0.3 is 10.4 Å². The molecule has 0 saturated heterocycles. The number of hydrogen-bond donors (Lipinski definition) is 2. The number of hydrogen-bond acceptors (Lipinski definition) is 3. The van der Waals surface area contributed by atoms with Crippen LogP contribution in [0.4, 0.5) is 0 Å². The summed E-state index contributed by atoms with van der Waals surface area (Å²) in [6.07, 6.45) is 9.29. The van der Waals surface area contributed by atoms with Gasteiger partial charge in [-0.05, 0) is 74.3 Å². The predicted octanol–water partition coefficient (Wildman–Crippen LogP) is 6.19. The molecule has 1 amide bonds. The Kier molecular flexibility index (Phi) is 6.25. The monoisotopic (exact) mass is 439 g/mol. The molecule has 31 heavy (non-hydrogen) atoms. The molecule has 3 fully saturated rings. The zero-order valence-electron chi connectivity index (χ0n) is 18.7. The Morgan fingerprint density at radius 3 is 2.81 bits per heavy atom. The third-order valence-electron chi connectivity index (χ3n) is 7.74. The highest BCUT2D eigenvalue weighted by atomic mass is 32.1. The zero-order chi connectivity index (χ0) is 22.2. The van der Waals surface area contributed by atoms with Crippen LogP contribution in [-0.2, 0) is 4.79 Å². The largest absolute Gasteiger partial charge is 0.481 e. The molecule has 2 aromatic rings. The lowest BCUT2D eigenvalue weighted by molar-refractivity contribution is -0.137. The van der Waals surface area contributed by atoms with Gasteiger partial charge in [-0.2, -0.15) is 0 Å². The third kappa shape index (κ3) is 4.43. The number of thiophene rings is 1. The van der Waals surface area contributed by atoms with Crippen molar-refractivity contribution in [2.75, 3.05) is 0 Å². The maximum Gasteiger partial charge on any atom is 0.303 e. The summed E-state index contributed by atoms with van der Waals surface area (Å²) < 4.78 is 1.16. The molecule has 0 radical (unpaired) electrons. The predicted molar refractivity (Wildman–Crippen MR) is 127 cm³/mol. The fraction of sp³-hybridized carbons (Fsp3) is 0.538. The molecular weight excluding hydrogens is 406 g/mol. The lowest BCUT2D eigenvalue weighted by atomic mass is 9.44. The van der Waals surface area contributed by atoms with E-state index < -0.39 is 5.97 Å². The Balaban J connectivity index is 1.45. The van der Waals surface area contributed by atoms with E-state index in [0.29, 0.717) is 29.6 Å². The van der Waals surface area contributed by atoms with E-state index in [-0.39, 0.29) is 18.4 Å². The molecule has 3 aliphatic rings. The summed E-state index contributed by atoms with van der Waals surface area (Å²) in [6.45, 7) is 6.82. The van der Waals surface area contributed by atoms with Crippen LogP contribution in [0.3, 0.4) is 0 Å². The number of carbonyl (C=O) groups excluding carboxylic acids is 1. The van der Waals surface area contributed by atoms with Crippen molar-refractivity contribution < 1.29 is 14.7 Å². The molecule has 166 valence electrons. The van der Waals surface area contributed by atoms with Crippen molar-refractivity contribution in [1.82, 2.24) is 5.32 Å². The Labute approximate surface area is 188 Å². The van der Waals surface area contributed by atoms with Gasteiger partial charge in [0.1, 0.15) is 0 Å². The van der Waals surface area contributed by atoms with Crippen LogP contribution < -0.4 is 5.32 Å². The van der Waals surface area contributed by atoms with Crippen LogP contribution in [0.5, 0.6) is 0 Å². The van der Waals surface area contributed by atoms with E-state index in [1.807, 2.05) is 5.38 Å². The maximum atomic E-state index is 13.2. The molecule has 1 heterocycles. The second-order valence-electron chi connectivity index (χ2n) is 9.98. The third-order valence-corrected chi connectivity index (χ3v) is 8.71. The minimum atomic E-state index is -0.734. The molecule has 4 nitrogen and oxygen atoms in total. The molecular formula is C26H33NO3S. The first-order valence-electron chi connectivity index (χ1n) is 11.4. The number of fused-ring (bicyclic) bond motifs is 3. The molecule has 1 aromatic carbocycles. The minimum Gasteiger partial charge on any atom is -0.481 e. The van der Waals surface area contributed by atoms with E-state index in [2.05, 4.69) is 56.4 Å². The number of carboxylic acid groups (broad SMARTS) is 1. The van der Waals surface area contributed by atoms with E-state index >= 15 is 0 Å². The summed E-state index contributed by atoms with van der Waals surface area (Å²) in [5.41, 5.74) is 2.31. The molecule has 2 N–H and O–H groups in total. The Morgan fingerprint density at radius 2 is 2.06 bits per heavy atom. The van der Waals surface area contributed by atoms with Gasteiger partial charge in [0.05, 0.1) is 5.56 Å². The van der Waals surface area contributed by atoms with Crippen LogP contribution in [0.1, 0.15) is 68.3 Å². The number of rotatable bonds is 8. The first-order valence-corrected chi connectivity index (χ1v) is 12.3. The van der Waals surface area contributed by atoms with Crippen molar-refractivity contribution in [3.05, 3.63) is 46.9 Å². The van der Waals surface area contributed by atoms with Gasteiger partial charge in [-0.25, -0.2) is 0 Å². The first-order chi connectivity index (χ1) is 14.8. The summed E-state index contributed by atoms with van der Waals surface area (Å²) in [4.78, 5) is 23.9. The number of benzene rings is 1. The summed E-state index contributed by atoms with van der Waals surface area (Å²) >= 11 is 1.63. The topological polar surface area (TPSA) is 66.4 Å². The Morgan fingerprint density at radius 1 is 1.26 bits per heavy atom. The lowest BCUT2D eigenvalue weighted by Crippen LogP contribution is -2.61. The van der Waals surface area contributed by atoms with E-state index in [9.17, 15) is 9.59 Å². The molecule has 1 aromatic heterocycles. The van der Waals surface area contributed by atoms with Gasteiger partial charge in [0.2, 0.25) is 0 Å². The number of carbonyl (C=O) groups is 2. The number of aliphatic carboxylic acids is 1. The highest BCUT2D eigenvalue weighted by Crippen LogP contribution is 2.62. The highest BCUT2D eigenvalue weighted by Gasteiger charge is 2.57. The summed E-state index contributed by atoms with van der Waals surface area (Å²) in [7, 11) is 0. The summed E-state index contributed by atoms with van der Waals surface area (Å²) in [5, 5.41) is 15.2. The quantitative estimate of drug-likeness (QED) is 0.381. The van der Waals surface area contributed by atoms with E-state index in [4.69, 9.17) is 5.11 Å². The second-order valence-corrected chi connectivity index (χ2v) is 10.9.